The van der Waals surface area contributed by atoms with Gasteiger partial charge in [-0.15, -0.1) is 0 Å². The van der Waals surface area contributed by atoms with Gasteiger partial charge in [-0.25, -0.2) is 4.99 Å². The van der Waals surface area contributed by atoms with Crippen molar-refractivity contribution in [2.45, 2.75) is 57.5 Å². The first-order chi connectivity index (χ1) is 13.4. The lowest BCUT2D eigenvalue weighted by Gasteiger charge is -2.46. The number of anilines is 2. The molecule has 1 aromatic rings. The minimum Gasteiger partial charge on any atom is -0.369 e. The van der Waals surface area contributed by atoms with Gasteiger partial charge in [0.1, 0.15) is 11.4 Å². The number of rotatable bonds is 3. The second-order valence-electron chi connectivity index (χ2n) is 7.90. The molecule has 4 rings (SSSR count). The van der Waals surface area contributed by atoms with E-state index in [0.717, 1.165) is 69.3 Å². The fraction of sp³-hybridized carbons (Fsp3) is 0.579. The van der Waals surface area contributed by atoms with Crippen LogP contribution in [0.5, 0.6) is 0 Å². The number of hydrogen-bond acceptors (Lipinski definition) is 8. The molecule has 0 bridgehead atoms. The highest BCUT2D eigenvalue weighted by atomic mass is 16.6. The van der Waals surface area contributed by atoms with Gasteiger partial charge >= 0.3 is 0 Å². The zero-order valence-electron chi connectivity index (χ0n) is 16.2. The summed E-state index contributed by atoms with van der Waals surface area (Å²) in [5, 5.41) is 11.7. The largest absolute Gasteiger partial charge is 0.369 e. The highest BCUT2D eigenvalue weighted by molar-refractivity contribution is 6.06. The van der Waals surface area contributed by atoms with Crippen molar-refractivity contribution >= 4 is 29.0 Å². The van der Waals surface area contributed by atoms with Crippen molar-refractivity contribution < 1.29 is 4.92 Å². The molecule has 1 saturated carbocycles. The van der Waals surface area contributed by atoms with E-state index in [0.29, 0.717) is 11.6 Å². The number of nitrogens with zero attached hydrogens (tertiary/aromatic N) is 5. The molecule has 9 heteroatoms. The summed E-state index contributed by atoms with van der Waals surface area (Å²) in [6.45, 7) is 3.52. The van der Waals surface area contributed by atoms with Crippen molar-refractivity contribution in [3.05, 3.63) is 27.8 Å². The molecule has 9 nitrogen and oxygen atoms in total. The molecule has 1 saturated heterocycles. The Morgan fingerprint density at radius 3 is 2.39 bits per heavy atom. The summed E-state index contributed by atoms with van der Waals surface area (Å²) in [5.74, 6) is 0.508. The summed E-state index contributed by atoms with van der Waals surface area (Å²) in [6, 6.07) is 3.54. The van der Waals surface area contributed by atoms with E-state index < -0.39 is 5.66 Å². The van der Waals surface area contributed by atoms with Crippen molar-refractivity contribution in [1.82, 2.24) is 0 Å². The fourth-order valence-electron chi connectivity index (χ4n) is 4.74. The van der Waals surface area contributed by atoms with Gasteiger partial charge < -0.3 is 16.4 Å². The molecule has 0 radical (unpaired) electrons. The predicted octanol–water partition coefficient (Wildman–Crippen LogP) is 2.61. The minimum atomic E-state index is -0.558. The molecular formula is C19H27N7O2. The summed E-state index contributed by atoms with van der Waals surface area (Å²) in [5.41, 5.74) is 14.1. The number of guanidine groups is 2. The molecule has 0 aromatic heterocycles. The molecule has 150 valence electrons. The molecule has 3 aliphatic rings. The maximum atomic E-state index is 11.7. The average molecular weight is 385 g/mol. The molecule has 2 fully saturated rings. The van der Waals surface area contributed by atoms with E-state index in [9.17, 15) is 10.1 Å². The molecule has 0 amide bonds. The van der Waals surface area contributed by atoms with E-state index in [-0.39, 0.29) is 16.6 Å². The van der Waals surface area contributed by atoms with Gasteiger partial charge in [-0.2, -0.15) is 4.99 Å². The summed E-state index contributed by atoms with van der Waals surface area (Å²) in [4.78, 5) is 24.4. The maximum absolute atomic E-state index is 11.7. The first-order valence-corrected chi connectivity index (χ1v) is 9.95. The maximum Gasteiger partial charge on any atom is 0.292 e. The van der Waals surface area contributed by atoms with Crippen LogP contribution >= 0.6 is 0 Å². The molecule has 28 heavy (non-hydrogen) atoms. The third-order valence-corrected chi connectivity index (χ3v) is 6.03. The van der Waals surface area contributed by atoms with Crippen molar-refractivity contribution in [3.8, 4) is 0 Å². The lowest BCUT2D eigenvalue weighted by Crippen LogP contribution is -2.58. The third-order valence-electron chi connectivity index (χ3n) is 6.03. The second-order valence-corrected chi connectivity index (χ2v) is 7.90. The van der Waals surface area contributed by atoms with Crippen LogP contribution in [0.15, 0.2) is 22.1 Å². The zero-order chi connectivity index (χ0) is 19.9. The van der Waals surface area contributed by atoms with Gasteiger partial charge in [0.2, 0.25) is 11.9 Å². The van der Waals surface area contributed by atoms with Crippen molar-refractivity contribution in [2.75, 3.05) is 22.9 Å². The Balaban J connectivity index is 1.86. The summed E-state index contributed by atoms with van der Waals surface area (Å²) < 4.78 is 0. The van der Waals surface area contributed by atoms with Crippen LogP contribution in [0.25, 0.3) is 0 Å². The van der Waals surface area contributed by atoms with E-state index in [1.54, 1.807) is 6.07 Å². The smallest absolute Gasteiger partial charge is 0.292 e. The highest BCUT2D eigenvalue weighted by Crippen LogP contribution is 2.44. The Morgan fingerprint density at radius 1 is 1.07 bits per heavy atom. The number of benzene rings is 1. The Morgan fingerprint density at radius 2 is 1.75 bits per heavy atom. The molecule has 0 atom stereocenters. The van der Waals surface area contributed by atoms with Gasteiger partial charge in [-0.05, 0) is 57.1 Å². The number of aliphatic imine (C=N–C) groups is 2. The molecule has 2 heterocycles. The van der Waals surface area contributed by atoms with Crippen LogP contribution < -0.4 is 21.3 Å². The lowest BCUT2D eigenvalue weighted by molar-refractivity contribution is -0.384. The van der Waals surface area contributed by atoms with Crippen LogP contribution in [0.4, 0.5) is 17.1 Å². The molecule has 4 N–H and O–H groups in total. The molecule has 1 aromatic carbocycles. The topological polar surface area (TPSA) is 126 Å². The molecule has 0 unspecified atom stereocenters. The van der Waals surface area contributed by atoms with Gasteiger partial charge in [0.15, 0.2) is 0 Å². The Kier molecular flexibility index (Phi) is 4.60. The van der Waals surface area contributed by atoms with Crippen molar-refractivity contribution in [2.24, 2.45) is 21.5 Å². The number of aryl methyl sites for hydroxylation is 1. The van der Waals surface area contributed by atoms with Gasteiger partial charge in [0.25, 0.3) is 5.69 Å². The van der Waals surface area contributed by atoms with Crippen LogP contribution in [-0.2, 0) is 0 Å². The van der Waals surface area contributed by atoms with E-state index in [1.807, 2.05) is 17.9 Å². The first kappa shape index (κ1) is 18.5. The van der Waals surface area contributed by atoms with E-state index in [1.165, 1.54) is 0 Å². The summed E-state index contributed by atoms with van der Waals surface area (Å²) in [6.07, 6.45) is 6.97. The summed E-state index contributed by atoms with van der Waals surface area (Å²) >= 11 is 0. The van der Waals surface area contributed by atoms with E-state index in [4.69, 9.17) is 16.5 Å². The molecule has 1 spiro atoms. The zero-order valence-corrected chi connectivity index (χ0v) is 16.2. The number of nitrogens with two attached hydrogens (primary N) is 2. The Hall–Kier alpha value is -2.84. The lowest BCUT2D eigenvalue weighted by atomic mass is 9.87. The van der Waals surface area contributed by atoms with Crippen LogP contribution in [-0.4, -0.2) is 35.6 Å². The first-order valence-electron chi connectivity index (χ1n) is 9.95. The fourth-order valence-corrected chi connectivity index (χ4v) is 4.74. The minimum absolute atomic E-state index is 0.136. The Labute approximate surface area is 164 Å². The van der Waals surface area contributed by atoms with E-state index >= 15 is 0 Å². The second kappa shape index (κ2) is 6.96. The van der Waals surface area contributed by atoms with Gasteiger partial charge in [-0.3, -0.25) is 15.0 Å². The molecular weight excluding hydrogens is 358 g/mol. The van der Waals surface area contributed by atoms with Gasteiger partial charge in [0, 0.05) is 19.2 Å². The quantitative estimate of drug-likeness (QED) is 0.608. The van der Waals surface area contributed by atoms with Crippen molar-refractivity contribution in [3.63, 3.8) is 0 Å². The highest BCUT2D eigenvalue weighted by Gasteiger charge is 2.43. The standard InChI is InChI=1S/C19H27N7O2/c1-13-11-16(26(27)28)15(24-9-5-6-10-24)12-14(13)25-18(21)22-17(20)23-19(25)7-3-2-4-8-19/h11-12H,2-10H2,1H3,(H4,20,21,22,23). The third kappa shape index (κ3) is 3.04. The van der Waals surface area contributed by atoms with Crippen LogP contribution in [0.3, 0.4) is 0 Å². The SMILES string of the molecule is Cc1cc([N+](=O)[O-])c(N2CCCC2)cc1N1C(N)=NC(N)=NC12CCCCC2. The molecule has 2 aliphatic heterocycles. The van der Waals surface area contributed by atoms with Gasteiger partial charge in [0.05, 0.1) is 10.6 Å². The van der Waals surface area contributed by atoms with Crippen LogP contribution in [0.1, 0.15) is 50.5 Å². The van der Waals surface area contributed by atoms with Crippen LogP contribution in [0.2, 0.25) is 0 Å². The number of hydrogen-bond donors (Lipinski definition) is 2. The normalized spacial score (nSPS) is 21.6. The molecule has 1 aliphatic carbocycles. The van der Waals surface area contributed by atoms with Gasteiger partial charge in [-0.1, -0.05) is 6.42 Å². The Bertz CT molecular complexity index is 852. The van der Waals surface area contributed by atoms with Crippen molar-refractivity contribution in [1.29, 1.82) is 0 Å². The van der Waals surface area contributed by atoms with Crippen LogP contribution in [0, 0.1) is 17.0 Å². The number of nitro benzene ring substituents is 1. The average Bonchev–Trinajstić information content (AvgIpc) is 3.17. The number of nitro groups is 1. The summed E-state index contributed by atoms with van der Waals surface area (Å²) in [7, 11) is 0. The van der Waals surface area contributed by atoms with E-state index in [2.05, 4.69) is 9.89 Å². The monoisotopic (exact) mass is 385 g/mol. The predicted molar refractivity (Wildman–Crippen MR) is 111 cm³/mol.